The summed E-state index contributed by atoms with van der Waals surface area (Å²) in [6.07, 6.45) is 7.81. The first-order valence-electron chi connectivity index (χ1n) is 11.2. The molecule has 168 valence electrons. The molecule has 2 fully saturated rings. The molecule has 1 saturated heterocycles. The fourth-order valence-corrected chi connectivity index (χ4v) is 5.06. The van der Waals surface area contributed by atoms with Gasteiger partial charge in [-0.05, 0) is 75.7 Å². The Hall–Kier alpha value is -2.93. The minimum Gasteiger partial charge on any atom is -0.494 e. The number of carbonyl (C=O) groups is 2. The summed E-state index contributed by atoms with van der Waals surface area (Å²) in [6.45, 7) is 6.56. The molecule has 2 heterocycles. The maximum absolute atomic E-state index is 13.4. The summed E-state index contributed by atoms with van der Waals surface area (Å²) in [4.78, 5) is 27.5. The van der Waals surface area contributed by atoms with E-state index in [1.165, 1.54) is 37.0 Å². The van der Waals surface area contributed by atoms with E-state index in [0.29, 0.717) is 24.1 Å². The lowest BCUT2D eigenvalue weighted by molar-refractivity contribution is -0.122. The number of aromatic nitrogens is 1. The van der Waals surface area contributed by atoms with E-state index in [1.807, 2.05) is 13.0 Å². The molecule has 1 aliphatic carbocycles. The summed E-state index contributed by atoms with van der Waals surface area (Å²) in [7, 11) is 0. The molecule has 7 heteroatoms. The Morgan fingerprint density at radius 3 is 2.62 bits per heavy atom. The minimum absolute atomic E-state index is 0.0680. The van der Waals surface area contributed by atoms with Crippen molar-refractivity contribution in [3.05, 3.63) is 52.9 Å². The number of nitrogens with one attached hydrogen (secondary N) is 1. The van der Waals surface area contributed by atoms with E-state index in [1.54, 1.807) is 24.3 Å². The van der Waals surface area contributed by atoms with Gasteiger partial charge in [-0.1, -0.05) is 25.3 Å². The van der Waals surface area contributed by atoms with E-state index in [4.69, 9.17) is 17.0 Å². The second-order valence-electron chi connectivity index (χ2n) is 8.38. The number of benzene rings is 1. The van der Waals surface area contributed by atoms with Gasteiger partial charge >= 0.3 is 0 Å². The highest BCUT2D eigenvalue weighted by molar-refractivity contribution is 7.80. The zero-order chi connectivity index (χ0) is 22.8. The van der Waals surface area contributed by atoms with Crippen molar-refractivity contribution >= 4 is 40.9 Å². The molecule has 2 aliphatic rings. The van der Waals surface area contributed by atoms with Crippen molar-refractivity contribution < 1.29 is 14.3 Å². The molecule has 4 rings (SSSR count). The van der Waals surface area contributed by atoms with E-state index in [9.17, 15) is 9.59 Å². The van der Waals surface area contributed by atoms with Crippen LogP contribution in [0.3, 0.4) is 0 Å². The molecule has 32 heavy (non-hydrogen) atoms. The summed E-state index contributed by atoms with van der Waals surface area (Å²) >= 11 is 5.33. The van der Waals surface area contributed by atoms with Crippen molar-refractivity contribution in [1.82, 2.24) is 9.88 Å². The topological polar surface area (TPSA) is 63.6 Å². The van der Waals surface area contributed by atoms with Crippen LogP contribution in [0.25, 0.3) is 6.08 Å². The largest absolute Gasteiger partial charge is 0.494 e. The van der Waals surface area contributed by atoms with Gasteiger partial charge in [0.15, 0.2) is 5.11 Å². The van der Waals surface area contributed by atoms with Gasteiger partial charge in [0.25, 0.3) is 11.8 Å². The van der Waals surface area contributed by atoms with Gasteiger partial charge in [0.05, 0.1) is 12.3 Å². The van der Waals surface area contributed by atoms with Crippen LogP contribution in [-0.4, -0.2) is 28.1 Å². The number of nitrogens with zero attached hydrogens (tertiary/aromatic N) is 2. The van der Waals surface area contributed by atoms with E-state index in [2.05, 4.69) is 29.8 Å². The number of aryl methyl sites for hydroxylation is 1. The van der Waals surface area contributed by atoms with Crippen molar-refractivity contribution in [1.29, 1.82) is 0 Å². The number of thiocarbonyl (C=S) groups is 1. The number of carbonyl (C=O) groups excluding carboxylic acids is 2. The summed E-state index contributed by atoms with van der Waals surface area (Å²) in [6, 6.07) is 9.68. The molecule has 0 unspecified atom stereocenters. The number of ether oxygens (including phenoxy) is 1. The van der Waals surface area contributed by atoms with Crippen molar-refractivity contribution in [2.24, 2.45) is 0 Å². The molecule has 2 aromatic rings. The standard InChI is InChI=1S/C25H29N3O3S/c1-4-31-21-12-8-11-20(15-21)28-24(30)22(23(29)26-25(28)32)14-18-13-16(2)27(17(18)3)19-9-6-5-7-10-19/h8,11-15,19H,4-7,9-10H2,1-3H3,(H,26,29,32). The Morgan fingerprint density at radius 1 is 1.16 bits per heavy atom. The van der Waals surface area contributed by atoms with Gasteiger partial charge in [-0.25, -0.2) is 0 Å². The highest BCUT2D eigenvalue weighted by atomic mass is 32.1. The molecule has 1 aromatic carbocycles. The molecular formula is C25H29N3O3S. The first kappa shape index (κ1) is 22.3. The second kappa shape index (κ2) is 9.28. The molecule has 1 aliphatic heterocycles. The van der Waals surface area contributed by atoms with Crippen LogP contribution >= 0.6 is 12.2 Å². The van der Waals surface area contributed by atoms with Gasteiger partial charge < -0.3 is 9.30 Å². The summed E-state index contributed by atoms with van der Waals surface area (Å²) < 4.78 is 7.92. The molecular weight excluding hydrogens is 422 g/mol. The van der Waals surface area contributed by atoms with Crippen molar-refractivity contribution in [3.8, 4) is 5.75 Å². The number of amides is 2. The van der Waals surface area contributed by atoms with Gasteiger partial charge in [-0.15, -0.1) is 0 Å². The number of hydrogen-bond donors (Lipinski definition) is 1. The summed E-state index contributed by atoms with van der Waals surface area (Å²) in [5.41, 5.74) is 3.76. The van der Waals surface area contributed by atoms with E-state index in [0.717, 1.165) is 17.0 Å². The zero-order valence-corrected chi connectivity index (χ0v) is 19.6. The van der Waals surface area contributed by atoms with Crippen molar-refractivity contribution in [3.63, 3.8) is 0 Å². The molecule has 6 nitrogen and oxygen atoms in total. The predicted molar refractivity (Wildman–Crippen MR) is 130 cm³/mol. The van der Waals surface area contributed by atoms with Crippen LogP contribution in [0.5, 0.6) is 5.75 Å². The lowest BCUT2D eigenvalue weighted by atomic mass is 9.95. The molecule has 1 saturated carbocycles. The Morgan fingerprint density at radius 2 is 1.91 bits per heavy atom. The second-order valence-corrected chi connectivity index (χ2v) is 8.76. The average Bonchev–Trinajstić information content (AvgIpc) is 3.05. The number of hydrogen-bond acceptors (Lipinski definition) is 4. The quantitative estimate of drug-likeness (QED) is 0.401. The Bertz CT molecular complexity index is 1100. The Balaban J connectivity index is 1.69. The zero-order valence-electron chi connectivity index (χ0n) is 18.8. The fourth-order valence-electron chi connectivity index (χ4n) is 4.78. The third-order valence-electron chi connectivity index (χ3n) is 6.25. The first-order chi connectivity index (χ1) is 15.4. The monoisotopic (exact) mass is 451 g/mol. The van der Waals surface area contributed by atoms with Gasteiger partial charge in [-0.3, -0.25) is 19.8 Å². The maximum Gasteiger partial charge on any atom is 0.270 e. The highest BCUT2D eigenvalue weighted by Gasteiger charge is 2.35. The molecule has 0 radical (unpaired) electrons. The van der Waals surface area contributed by atoms with Gasteiger partial charge in [0, 0.05) is 23.5 Å². The SMILES string of the molecule is CCOc1cccc(N2C(=O)C(=Cc3cc(C)n(C4CCCCC4)c3C)C(=O)NC2=S)c1. The van der Waals surface area contributed by atoms with Crippen LogP contribution in [0.15, 0.2) is 35.9 Å². The van der Waals surface area contributed by atoms with E-state index < -0.39 is 11.8 Å². The third-order valence-corrected chi connectivity index (χ3v) is 6.54. The smallest absolute Gasteiger partial charge is 0.270 e. The predicted octanol–water partition coefficient (Wildman–Crippen LogP) is 4.84. The summed E-state index contributed by atoms with van der Waals surface area (Å²) in [5, 5.41) is 2.73. The molecule has 2 amide bonds. The maximum atomic E-state index is 13.4. The van der Waals surface area contributed by atoms with Gasteiger partial charge in [-0.2, -0.15) is 0 Å². The highest BCUT2D eigenvalue weighted by Crippen LogP contribution is 2.33. The third kappa shape index (κ3) is 4.21. The van der Waals surface area contributed by atoms with E-state index >= 15 is 0 Å². The lowest BCUT2D eigenvalue weighted by Gasteiger charge is -2.29. The molecule has 1 N–H and O–H groups in total. The first-order valence-corrected chi connectivity index (χ1v) is 11.6. The molecule has 0 atom stereocenters. The van der Waals surface area contributed by atoms with Crippen LogP contribution < -0.4 is 15.0 Å². The lowest BCUT2D eigenvalue weighted by Crippen LogP contribution is -2.54. The van der Waals surface area contributed by atoms with Crippen LogP contribution in [0.1, 0.15) is 62.0 Å². The van der Waals surface area contributed by atoms with Gasteiger partial charge in [0.2, 0.25) is 0 Å². The normalized spacial score (nSPS) is 18.9. The van der Waals surface area contributed by atoms with E-state index in [-0.39, 0.29) is 10.7 Å². The van der Waals surface area contributed by atoms with Crippen LogP contribution in [0, 0.1) is 13.8 Å². The van der Waals surface area contributed by atoms with Gasteiger partial charge in [0.1, 0.15) is 11.3 Å². The Kier molecular flexibility index (Phi) is 6.46. The fraction of sp³-hybridized carbons (Fsp3) is 0.400. The molecule has 0 bridgehead atoms. The Labute approximate surface area is 194 Å². The van der Waals surface area contributed by atoms with Crippen LogP contribution in [-0.2, 0) is 9.59 Å². The number of rotatable bonds is 5. The molecule has 1 aromatic heterocycles. The number of anilines is 1. The van der Waals surface area contributed by atoms with Crippen LogP contribution in [0.4, 0.5) is 5.69 Å². The minimum atomic E-state index is -0.473. The molecule has 0 spiro atoms. The van der Waals surface area contributed by atoms with Crippen molar-refractivity contribution in [2.75, 3.05) is 11.5 Å². The van der Waals surface area contributed by atoms with Crippen LogP contribution in [0.2, 0.25) is 0 Å². The average molecular weight is 452 g/mol. The van der Waals surface area contributed by atoms with Crippen molar-refractivity contribution in [2.45, 2.75) is 58.9 Å². The summed E-state index contributed by atoms with van der Waals surface area (Å²) in [5.74, 6) is -0.270.